The lowest BCUT2D eigenvalue weighted by Crippen LogP contribution is -2.36. The fraction of sp³-hybridized carbons (Fsp3) is 0.562. The van der Waals surface area contributed by atoms with E-state index in [9.17, 15) is 4.79 Å². The number of alkyl halides is 1. The Hall–Kier alpha value is -1.22. The molecule has 110 valence electrons. The van der Waals surface area contributed by atoms with Crippen molar-refractivity contribution in [2.45, 2.75) is 38.1 Å². The van der Waals surface area contributed by atoms with Crippen LogP contribution in [-0.2, 0) is 4.79 Å². The van der Waals surface area contributed by atoms with Gasteiger partial charge in [0.05, 0.1) is 13.0 Å². The summed E-state index contributed by atoms with van der Waals surface area (Å²) in [4.78, 5) is 14.2. The third-order valence-corrected chi connectivity index (χ3v) is 3.96. The number of ether oxygens (including phenoxy) is 1. The average molecular weight is 296 g/mol. The van der Waals surface area contributed by atoms with Crippen molar-refractivity contribution in [3.8, 4) is 5.75 Å². The summed E-state index contributed by atoms with van der Waals surface area (Å²) in [7, 11) is 0. The van der Waals surface area contributed by atoms with E-state index in [4.69, 9.17) is 16.3 Å². The van der Waals surface area contributed by atoms with Gasteiger partial charge in [0, 0.05) is 18.5 Å². The molecular formula is C16H22ClNO2. The fourth-order valence-electron chi connectivity index (χ4n) is 2.69. The van der Waals surface area contributed by atoms with Gasteiger partial charge >= 0.3 is 0 Å². The number of para-hydroxylation sites is 1. The zero-order valence-corrected chi connectivity index (χ0v) is 12.5. The SMILES string of the molecule is O=C(CCOc1ccccc1)N1CCCC1CCCCl. The van der Waals surface area contributed by atoms with Crippen LogP contribution in [0.15, 0.2) is 30.3 Å². The second-order valence-electron chi connectivity index (χ2n) is 5.13. The van der Waals surface area contributed by atoms with E-state index in [-0.39, 0.29) is 5.91 Å². The Morgan fingerprint density at radius 3 is 2.90 bits per heavy atom. The molecule has 1 heterocycles. The highest BCUT2D eigenvalue weighted by molar-refractivity contribution is 6.17. The smallest absolute Gasteiger partial charge is 0.226 e. The van der Waals surface area contributed by atoms with Crippen LogP contribution in [0.2, 0.25) is 0 Å². The number of likely N-dealkylation sites (tertiary alicyclic amines) is 1. The Morgan fingerprint density at radius 1 is 1.35 bits per heavy atom. The molecule has 20 heavy (non-hydrogen) atoms. The molecule has 0 aliphatic carbocycles. The molecule has 1 aromatic carbocycles. The van der Waals surface area contributed by atoms with Crippen LogP contribution in [0.5, 0.6) is 5.75 Å². The van der Waals surface area contributed by atoms with Gasteiger partial charge in [-0.3, -0.25) is 4.79 Å². The van der Waals surface area contributed by atoms with Crippen molar-refractivity contribution < 1.29 is 9.53 Å². The molecule has 3 nitrogen and oxygen atoms in total. The molecule has 1 aliphatic rings. The van der Waals surface area contributed by atoms with E-state index < -0.39 is 0 Å². The quantitative estimate of drug-likeness (QED) is 0.721. The molecule has 0 aromatic heterocycles. The molecule has 0 spiro atoms. The van der Waals surface area contributed by atoms with E-state index in [0.717, 1.165) is 38.0 Å². The van der Waals surface area contributed by atoms with E-state index in [1.807, 2.05) is 35.2 Å². The van der Waals surface area contributed by atoms with Gasteiger partial charge in [-0.1, -0.05) is 18.2 Å². The summed E-state index contributed by atoms with van der Waals surface area (Å²) < 4.78 is 5.58. The number of benzene rings is 1. The molecule has 1 aliphatic heterocycles. The van der Waals surface area contributed by atoms with Gasteiger partial charge in [-0.2, -0.15) is 0 Å². The van der Waals surface area contributed by atoms with E-state index in [1.54, 1.807) is 0 Å². The molecule has 1 amide bonds. The van der Waals surface area contributed by atoms with E-state index >= 15 is 0 Å². The van der Waals surface area contributed by atoms with Crippen molar-refractivity contribution in [2.75, 3.05) is 19.0 Å². The number of nitrogens with zero attached hydrogens (tertiary/aromatic N) is 1. The van der Waals surface area contributed by atoms with Crippen LogP contribution in [-0.4, -0.2) is 35.9 Å². The van der Waals surface area contributed by atoms with Gasteiger partial charge in [0.25, 0.3) is 0 Å². The maximum Gasteiger partial charge on any atom is 0.226 e. The lowest BCUT2D eigenvalue weighted by Gasteiger charge is -2.24. The summed E-state index contributed by atoms with van der Waals surface area (Å²) in [5.41, 5.74) is 0. The van der Waals surface area contributed by atoms with Gasteiger partial charge in [-0.15, -0.1) is 11.6 Å². The Labute approximate surface area is 125 Å². The van der Waals surface area contributed by atoms with Crippen LogP contribution in [0.25, 0.3) is 0 Å². The summed E-state index contributed by atoms with van der Waals surface area (Å²) in [6.07, 6.45) is 4.68. The first-order chi connectivity index (χ1) is 9.81. The van der Waals surface area contributed by atoms with Crippen molar-refractivity contribution in [3.05, 3.63) is 30.3 Å². The number of amides is 1. The Morgan fingerprint density at radius 2 is 2.15 bits per heavy atom. The molecule has 0 N–H and O–H groups in total. The van der Waals surface area contributed by atoms with Crippen molar-refractivity contribution in [3.63, 3.8) is 0 Å². The molecule has 2 rings (SSSR count). The summed E-state index contributed by atoms with van der Waals surface area (Å²) in [5.74, 6) is 1.70. The molecule has 1 unspecified atom stereocenters. The number of carbonyl (C=O) groups is 1. The van der Waals surface area contributed by atoms with Gasteiger partial charge < -0.3 is 9.64 Å². The largest absolute Gasteiger partial charge is 0.493 e. The Balaban J connectivity index is 1.73. The van der Waals surface area contributed by atoms with Crippen LogP contribution in [0.4, 0.5) is 0 Å². The maximum atomic E-state index is 12.2. The zero-order chi connectivity index (χ0) is 14.2. The fourth-order valence-corrected chi connectivity index (χ4v) is 2.85. The number of hydrogen-bond donors (Lipinski definition) is 0. The van der Waals surface area contributed by atoms with Crippen LogP contribution in [0.1, 0.15) is 32.1 Å². The highest BCUT2D eigenvalue weighted by Gasteiger charge is 2.27. The highest BCUT2D eigenvalue weighted by atomic mass is 35.5. The third-order valence-electron chi connectivity index (χ3n) is 3.70. The van der Waals surface area contributed by atoms with E-state index in [1.165, 1.54) is 0 Å². The monoisotopic (exact) mass is 295 g/mol. The molecule has 4 heteroatoms. The lowest BCUT2D eigenvalue weighted by molar-refractivity contribution is -0.132. The minimum atomic E-state index is 0.206. The Kier molecular flexibility index (Phi) is 6.19. The van der Waals surface area contributed by atoms with Crippen molar-refractivity contribution >= 4 is 17.5 Å². The number of halogens is 1. The van der Waals surface area contributed by atoms with Crippen molar-refractivity contribution in [1.29, 1.82) is 0 Å². The predicted molar refractivity (Wildman–Crippen MR) is 81.2 cm³/mol. The molecule has 0 radical (unpaired) electrons. The number of hydrogen-bond acceptors (Lipinski definition) is 2. The van der Waals surface area contributed by atoms with Gasteiger partial charge in [0.2, 0.25) is 5.91 Å². The molecular weight excluding hydrogens is 274 g/mol. The molecule has 1 saturated heterocycles. The molecule has 1 atom stereocenters. The van der Waals surface area contributed by atoms with Crippen molar-refractivity contribution in [2.24, 2.45) is 0 Å². The first kappa shape index (κ1) is 15.2. The zero-order valence-electron chi connectivity index (χ0n) is 11.8. The number of carbonyl (C=O) groups excluding carboxylic acids is 1. The van der Waals surface area contributed by atoms with Gasteiger partial charge in [-0.05, 0) is 37.8 Å². The minimum absolute atomic E-state index is 0.206. The lowest BCUT2D eigenvalue weighted by atomic mass is 10.1. The highest BCUT2D eigenvalue weighted by Crippen LogP contribution is 2.22. The summed E-state index contributed by atoms with van der Waals surface area (Å²) >= 11 is 5.74. The minimum Gasteiger partial charge on any atom is -0.493 e. The van der Waals surface area contributed by atoms with Gasteiger partial charge in [-0.25, -0.2) is 0 Å². The molecule has 0 bridgehead atoms. The second kappa shape index (κ2) is 8.15. The predicted octanol–water partition coefficient (Wildman–Crippen LogP) is 3.47. The maximum absolute atomic E-state index is 12.2. The Bertz CT molecular complexity index is 410. The van der Waals surface area contributed by atoms with Crippen molar-refractivity contribution in [1.82, 2.24) is 4.90 Å². The molecule has 0 saturated carbocycles. The van der Waals surface area contributed by atoms with Gasteiger partial charge in [0.15, 0.2) is 0 Å². The first-order valence-electron chi connectivity index (χ1n) is 7.34. The third kappa shape index (κ3) is 4.41. The summed E-state index contributed by atoms with van der Waals surface area (Å²) in [5, 5.41) is 0. The van der Waals surface area contributed by atoms with E-state index in [0.29, 0.717) is 24.9 Å². The second-order valence-corrected chi connectivity index (χ2v) is 5.50. The van der Waals surface area contributed by atoms with Crippen LogP contribution < -0.4 is 4.74 Å². The normalized spacial score (nSPS) is 18.2. The summed E-state index contributed by atoms with van der Waals surface area (Å²) in [6, 6.07) is 10.0. The van der Waals surface area contributed by atoms with Crippen LogP contribution in [0, 0.1) is 0 Å². The molecule has 1 fully saturated rings. The molecule has 1 aromatic rings. The number of rotatable bonds is 7. The van der Waals surface area contributed by atoms with E-state index in [2.05, 4.69) is 0 Å². The van der Waals surface area contributed by atoms with Gasteiger partial charge in [0.1, 0.15) is 5.75 Å². The summed E-state index contributed by atoms with van der Waals surface area (Å²) in [6.45, 7) is 1.33. The average Bonchev–Trinajstić information content (AvgIpc) is 2.94. The van der Waals surface area contributed by atoms with Crippen LogP contribution >= 0.6 is 11.6 Å². The topological polar surface area (TPSA) is 29.5 Å². The first-order valence-corrected chi connectivity index (χ1v) is 7.88. The standard InChI is InChI=1S/C16H22ClNO2/c17-11-4-6-14-7-5-12-18(14)16(19)10-13-20-15-8-2-1-3-9-15/h1-3,8-9,14H,4-7,10-13H2. The van der Waals surface area contributed by atoms with Crippen LogP contribution in [0.3, 0.4) is 0 Å².